The van der Waals surface area contributed by atoms with Crippen LogP contribution >= 0.6 is 0 Å². The summed E-state index contributed by atoms with van der Waals surface area (Å²) >= 11 is 0. The second-order valence-electron chi connectivity index (χ2n) is 6.28. The van der Waals surface area contributed by atoms with Gasteiger partial charge in [0.15, 0.2) is 5.76 Å². The SMILES string of the molecule is O=C(NCCOc1ccc(-c2ccco2)nn1)c1ccc(-c2ccccc2)cc1. The van der Waals surface area contributed by atoms with Crippen molar-refractivity contribution in [2.24, 2.45) is 0 Å². The summed E-state index contributed by atoms with van der Waals surface area (Å²) in [7, 11) is 0. The van der Waals surface area contributed by atoms with Gasteiger partial charge in [0.25, 0.3) is 5.91 Å². The lowest BCUT2D eigenvalue weighted by Crippen LogP contribution is -2.28. The molecule has 1 amide bonds. The Bertz CT molecular complexity index is 1050. The number of carbonyl (C=O) groups is 1. The van der Waals surface area contributed by atoms with Crippen molar-refractivity contribution < 1.29 is 13.9 Å². The lowest BCUT2D eigenvalue weighted by Gasteiger charge is -2.08. The Kier molecular flexibility index (Phi) is 5.62. The predicted molar refractivity (Wildman–Crippen MR) is 109 cm³/mol. The Balaban J connectivity index is 1.25. The maximum atomic E-state index is 12.3. The van der Waals surface area contributed by atoms with Gasteiger partial charge in [-0.2, -0.15) is 0 Å². The van der Waals surface area contributed by atoms with Gasteiger partial charge < -0.3 is 14.5 Å². The molecule has 6 nitrogen and oxygen atoms in total. The van der Waals surface area contributed by atoms with Crippen LogP contribution < -0.4 is 10.1 Å². The van der Waals surface area contributed by atoms with Crippen LogP contribution in [0.15, 0.2) is 89.5 Å². The van der Waals surface area contributed by atoms with Crippen molar-refractivity contribution in [1.29, 1.82) is 0 Å². The topological polar surface area (TPSA) is 77.2 Å². The summed E-state index contributed by atoms with van der Waals surface area (Å²) in [5.41, 5.74) is 3.43. The first-order chi connectivity index (χ1) is 14.3. The quantitative estimate of drug-likeness (QED) is 0.482. The van der Waals surface area contributed by atoms with E-state index in [1.807, 2.05) is 60.7 Å². The molecule has 0 bridgehead atoms. The fourth-order valence-corrected chi connectivity index (χ4v) is 2.82. The van der Waals surface area contributed by atoms with Gasteiger partial charge >= 0.3 is 0 Å². The number of hydrogen-bond acceptors (Lipinski definition) is 5. The van der Waals surface area contributed by atoms with Gasteiger partial charge in [0.2, 0.25) is 5.88 Å². The van der Waals surface area contributed by atoms with Crippen molar-refractivity contribution in [1.82, 2.24) is 15.5 Å². The molecule has 2 aromatic heterocycles. The molecule has 0 aliphatic rings. The van der Waals surface area contributed by atoms with E-state index in [-0.39, 0.29) is 5.91 Å². The van der Waals surface area contributed by atoms with Crippen LogP contribution in [0.1, 0.15) is 10.4 Å². The van der Waals surface area contributed by atoms with Crippen molar-refractivity contribution in [3.05, 3.63) is 90.7 Å². The molecule has 1 N–H and O–H groups in total. The van der Waals surface area contributed by atoms with E-state index in [0.717, 1.165) is 11.1 Å². The average Bonchev–Trinajstić information content (AvgIpc) is 3.33. The van der Waals surface area contributed by atoms with E-state index in [0.29, 0.717) is 36.0 Å². The standard InChI is InChI=1S/C23H19N3O3/c27-23(19-10-8-18(9-11-19)17-5-2-1-3-6-17)24-14-16-29-22-13-12-20(25-26-22)21-7-4-15-28-21/h1-13,15H,14,16H2,(H,24,27). The third-order valence-corrected chi connectivity index (χ3v) is 4.31. The molecule has 2 heterocycles. The zero-order valence-electron chi connectivity index (χ0n) is 15.6. The molecule has 0 aliphatic carbocycles. The smallest absolute Gasteiger partial charge is 0.251 e. The zero-order valence-corrected chi connectivity index (χ0v) is 15.6. The number of hydrogen-bond donors (Lipinski definition) is 1. The maximum absolute atomic E-state index is 12.3. The Morgan fingerprint density at radius 1 is 0.862 bits per heavy atom. The van der Waals surface area contributed by atoms with E-state index in [4.69, 9.17) is 9.15 Å². The fraction of sp³-hybridized carbons (Fsp3) is 0.0870. The summed E-state index contributed by atoms with van der Waals surface area (Å²) in [6.07, 6.45) is 1.58. The maximum Gasteiger partial charge on any atom is 0.251 e. The molecule has 0 saturated heterocycles. The van der Waals surface area contributed by atoms with Crippen LogP contribution in [0.3, 0.4) is 0 Å². The lowest BCUT2D eigenvalue weighted by atomic mass is 10.0. The molecule has 0 spiro atoms. The lowest BCUT2D eigenvalue weighted by molar-refractivity contribution is 0.0946. The molecule has 29 heavy (non-hydrogen) atoms. The highest BCUT2D eigenvalue weighted by Crippen LogP contribution is 2.19. The number of rotatable bonds is 7. The van der Waals surface area contributed by atoms with Crippen molar-refractivity contribution in [3.8, 4) is 28.5 Å². The molecule has 0 fully saturated rings. The molecule has 144 valence electrons. The molecule has 0 atom stereocenters. The highest BCUT2D eigenvalue weighted by molar-refractivity contribution is 5.94. The molecular weight excluding hydrogens is 366 g/mol. The summed E-state index contributed by atoms with van der Waals surface area (Å²) < 4.78 is 10.8. The number of amides is 1. The predicted octanol–water partition coefficient (Wildman–Crippen LogP) is 4.21. The van der Waals surface area contributed by atoms with Gasteiger partial charge in [0, 0.05) is 11.6 Å². The van der Waals surface area contributed by atoms with Crippen LogP contribution in [0.2, 0.25) is 0 Å². The highest BCUT2D eigenvalue weighted by Gasteiger charge is 2.07. The highest BCUT2D eigenvalue weighted by atomic mass is 16.5. The van der Waals surface area contributed by atoms with Crippen LogP contribution in [0, 0.1) is 0 Å². The minimum atomic E-state index is -0.146. The number of carbonyl (C=O) groups excluding carboxylic acids is 1. The first kappa shape index (κ1) is 18.4. The van der Waals surface area contributed by atoms with Gasteiger partial charge in [-0.3, -0.25) is 4.79 Å². The number of nitrogens with zero attached hydrogens (tertiary/aromatic N) is 2. The van der Waals surface area contributed by atoms with Gasteiger partial charge in [0.05, 0.1) is 12.8 Å². The summed E-state index contributed by atoms with van der Waals surface area (Å²) in [6.45, 7) is 0.656. The largest absolute Gasteiger partial charge is 0.475 e. The number of furan rings is 1. The minimum Gasteiger partial charge on any atom is -0.475 e. The summed E-state index contributed by atoms with van der Waals surface area (Å²) in [4.78, 5) is 12.3. The van der Waals surface area contributed by atoms with Crippen LogP contribution in [0.5, 0.6) is 5.88 Å². The normalized spacial score (nSPS) is 10.5. The minimum absolute atomic E-state index is 0.146. The molecule has 0 radical (unpaired) electrons. The van der Waals surface area contributed by atoms with Crippen molar-refractivity contribution in [3.63, 3.8) is 0 Å². The summed E-state index contributed by atoms with van der Waals surface area (Å²) in [5, 5.41) is 10.9. The Hall–Kier alpha value is -3.93. The summed E-state index contributed by atoms with van der Waals surface area (Å²) in [6, 6.07) is 24.6. The first-order valence-electron chi connectivity index (χ1n) is 9.24. The van der Waals surface area contributed by atoms with E-state index in [1.54, 1.807) is 24.5 Å². The second kappa shape index (κ2) is 8.84. The van der Waals surface area contributed by atoms with Gasteiger partial charge in [0.1, 0.15) is 12.3 Å². The van der Waals surface area contributed by atoms with E-state index in [2.05, 4.69) is 15.5 Å². The van der Waals surface area contributed by atoms with Crippen molar-refractivity contribution >= 4 is 5.91 Å². The molecule has 0 saturated carbocycles. The Morgan fingerprint density at radius 2 is 1.66 bits per heavy atom. The van der Waals surface area contributed by atoms with Crippen LogP contribution in [0.4, 0.5) is 0 Å². The molecule has 2 aromatic carbocycles. The van der Waals surface area contributed by atoms with Gasteiger partial charge in [-0.05, 0) is 41.5 Å². The molecular formula is C23H19N3O3. The second-order valence-corrected chi connectivity index (χ2v) is 6.28. The van der Waals surface area contributed by atoms with E-state index < -0.39 is 0 Å². The van der Waals surface area contributed by atoms with Crippen molar-refractivity contribution in [2.75, 3.05) is 13.2 Å². The number of nitrogens with one attached hydrogen (secondary N) is 1. The molecule has 4 rings (SSSR count). The molecule has 6 heteroatoms. The van der Waals surface area contributed by atoms with Gasteiger partial charge in [-0.15, -0.1) is 10.2 Å². The molecule has 4 aromatic rings. The fourth-order valence-electron chi connectivity index (χ4n) is 2.82. The summed E-state index contributed by atoms with van der Waals surface area (Å²) in [5.74, 6) is 0.892. The van der Waals surface area contributed by atoms with E-state index in [1.165, 1.54) is 0 Å². The van der Waals surface area contributed by atoms with Gasteiger partial charge in [-0.25, -0.2) is 0 Å². The van der Waals surface area contributed by atoms with E-state index >= 15 is 0 Å². The van der Waals surface area contributed by atoms with Crippen LogP contribution in [-0.4, -0.2) is 29.3 Å². The van der Waals surface area contributed by atoms with Gasteiger partial charge in [-0.1, -0.05) is 42.5 Å². The molecule has 0 unspecified atom stereocenters. The number of aromatic nitrogens is 2. The zero-order chi connectivity index (χ0) is 19.9. The van der Waals surface area contributed by atoms with Crippen molar-refractivity contribution in [2.45, 2.75) is 0 Å². The Morgan fingerprint density at radius 3 is 2.34 bits per heavy atom. The van der Waals surface area contributed by atoms with Crippen LogP contribution in [-0.2, 0) is 0 Å². The first-order valence-corrected chi connectivity index (χ1v) is 9.24. The van der Waals surface area contributed by atoms with E-state index in [9.17, 15) is 4.79 Å². The number of benzene rings is 2. The Labute approximate surface area is 168 Å². The third-order valence-electron chi connectivity index (χ3n) is 4.31. The average molecular weight is 385 g/mol. The molecule has 0 aliphatic heterocycles. The monoisotopic (exact) mass is 385 g/mol. The third kappa shape index (κ3) is 4.68. The van der Waals surface area contributed by atoms with Crippen LogP contribution in [0.25, 0.3) is 22.6 Å². The number of ether oxygens (including phenoxy) is 1.